The van der Waals surface area contributed by atoms with Crippen LogP contribution in [-0.4, -0.2) is 61.8 Å². The first-order chi connectivity index (χ1) is 10.0. The molecule has 0 bridgehead atoms. The smallest absolute Gasteiger partial charge is 0.0656 e. The third kappa shape index (κ3) is 4.51. The Hall–Kier alpha value is -0.940. The number of likely N-dealkylation sites (tertiary alicyclic amines) is 1. The van der Waals surface area contributed by atoms with Gasteiger partial charge in [0.1, 0.15) is 0 Å². The second-order valence-corrected chi connectivity index (χ2v) is 6.61. The molecule has 4 nitrogen and oxygen atoms in total. The minimum Gasteiger partial charge on any atom is -0.394 e. The fraction of sp³-hybridized carbons (Fsp3) is 0.647. The lowest BCUT2D eigenvalue weighted by atomic mass is 9.88. The van der Waals surface area contributed by atoms with E-state index in [1.54, 1.807) is 0 Å². The summed E-state index contributed by atoms with van der Waals surface area (Å²) in [5, 5.41) is 9.72. The molecule has 1 aromatic rings. The average Bonchev–Trinajstić information content (AvgIpc) is 2.91. The van der Waals surface area contributed by atoms with Crippen LogP contribution in [0.4, 0.5) is 0 Å². The average molecular weight is 291 g/mol. The Kier molecular flexibility index (Phi) is 5.76. The zero-order valence-electron chi connectivity index (χ0n) is 13.3. The van der Waals surface area contributed by atoms with Crippen LogP contribution >= 0.6 is 0 Å². The summed E-state index contributed by atoms with van der Waals surface area (Å²) in [7, 11) is 4.34. The van der Waals surface area contributed by atoms with Crippen LogP contribution in [0.3, 0.4) is 0 Å². The molecule has 2 unspecified atom stereocenters. The highest BCUT2D eigenvalue weighted by Gasteiger charge is 2.27. The molecule has 1 aliphatic rings. The molecule has 21 heavy (non-hydrogen) atoms. The van der Waals surface area contributed by atoms with E-state index >= 15 is 0 Å². The fourth-order valence-corrected chi connectivity index (χ4v) is 3.18. The van der Waals surface area contributed by atoms with Crippen molar-refractivity contribution in [2.24, 2.45) is 11.7 Å². The van der Waals surface area contributed by atoms with Crippen LogP contribution in [0.5, 0.6) is 0 Å². The van der Waals surface area contributed by atoms with Crippen LogP contribution in [0.15, 0.2) is 30.3 Å². The summed E-state index contributed by atoms with van der Waals surface area (Å²) in [6.07, 6.45) is 2.06. The van der Waals surface area contributed by atoms with Crippen molar-refractivity contribution in [3.63, 3.8) is 0 Å². The summed E-state index contributed by atoms with van der Waals surface area (Å²) in [5.74, 6) is 0.762. The molecule has 1 fully saturated rings. The number of aliphatic hydroxyl groups is 1. The predicted octanol–water partition coefficient (Wildman–Crippen LogP) is 1.11. The Morgan fingerprint density at radius 3 is 2.67 bits per heavy atom. The van der Waals surface area contributed by atoms with Gasteiger partial charge in [0.05, 0.1) is 12.1 Å². The summed E-state index contributed by atoms with van der Waals surface area (Å²) >= 11 is 0. The summed E-state index contributed by atoms with van der Waals surface area (Å²) < 4.78 is 0. The maximum atomic E-state index is 9.72. The Bertz CT molecular complexity index is 425. The van der Waals surface area contributed by atoms with Gasteiger partial charge in [0.25, 0.3) is 0 Å². The molecule has 0 saturated carbocycles. The van der Waals surface area contributed by atoms with Crippen LogP contribution in [0.2, 0.25) is 0 Å². The van der Waals surface area contributed by atoms with Gasteiger partial charge in [-0.1, -0.05) is 30.3 Å². The molecule has 2 rings (SSSR count). The standard InChI is InChI=1S/C17H29N3O/c1-19-10-8-15(12-19)13-20(2)11-9-17(18,14-21)16-6-4-3-5-7-16/h3-7,15,21H,8-14,18H2,1-2H3. The van der Waals surface area contributed by atoms with Crippen molar-refractivity contribution < 1.29 is 5.11 Å². The van der Waals surface area contributed by atoms with E-state index in [0.29, 0.717) is 0 Å². The quantitative estimate of drug-likeness (QED) is 0.790. The first-order valence-electron chi connectivity index (χ1n) is 7.86. The molecule has 118 valence electrons. The van der Waals surface area contributed by atoms with Crippen molar-refractivity contribution in [2.75, 3.05) is 46.9 Å². The molecule has 3 N–H and O–H groups in total. The van der Waals surface area contributed by atoms with E-state index in [1.165, 1.54) is 19.5 Å². The van der Waals surface area contributed by atoms with Crippen molar-refractivity contribution in [3.8, 4) is 0 Å². The number of hydrogen-bond acceptors (Lipinski definition) is 4. The molecule has 1 saturated heterocycles. The topological polar surface area (TPSA) is 52.7 Å². The zero-order valence-corrected chi connectivity index (χ0v) is 13.3. The van der Waals surface area contributed by atoms with E-state index in [2.05, 4.69) is 23.9 Å². The number of rotatable bonds is 7. The van der Waals surface area contributed by atoms with Gasteiger partial charge in [-0.05, 0) is 45.0 Å². The normalized spacial score (nSPS) is 22.6. The first kappa shape index (κ1) is 16.4. The molecule has 0 aliphatic carbocycles. The second kappa shape index (κ2) is 7.36. The maximum Gasteiger partial charge on any atom is 0.0656 e. The monoisotopic (exact) mass is 291 g/mol. The SMILES string of the molecule is CN1CCC(CN(C)CCC(N)(CO)c2ccccc2)C1. The van der Waals surface area contributed by atoms with Crippen molar-refractivity contribution in [3.05, 3.63) is 35.9 Å². The number of nitrogens with two attached hydrogens (primary N) is 1. The molecule has 1 aromatic carbocycles. The lowest BCUT2D eigenvalue weighted by Crippen LogP contribution is -2.43. The Morgan fingerprint density at radius 1 is 1.38 bits per heavy atom. The van der Waals surface area contributed by atoms with Crippen molar-refractivity contribution in [1.29, 1.82) is 0 Å². The summed E-state index contributed by atoms with van der Waals surface area (Å²) in [4.78, 5) is 4.74. The molecule has 1 heterocycles. The van der Waals surface area contributed by atoms with E-state index in [1.807, 2.05) is 30.3 Å². The van der Waals surface area contributed by atoms with Gasteiger partial charge in [0.15, 0.2) is 0 Å². The molecule has 0 aromatic heterocycles. The number of benzene rings is 1. The lowest BCUT2D eigenvalue weighted by Gasteiger charge is -2.31. The second-order valence-electron chi connectivity index (χ2n) is 6.61. The fourth-order valence-electron chi connectivity index (χ4n) is 3.18. The molecule has 0 amide bonds. The van der Waals surface area contributed by atoms with Gasteiger partial charge in [-0.25, -0.2) is 0 Å². The minimum absolute atomic E-state index is 0.0168. The van der Waals surface area contributed by atoms with Gasteiger partial charge in [-0.2, -0.15) is 0 Å². The van der Waals surface area contributed by atoms with Gasteiger partial charge in [-0.3, -0.25) is 0 Å². The first-order valence-corrected chi connectivity index (χ1v) is 7.86. The van der Waals surface area contributed by atoms with E-state index in [-0.39, 0.29) is 6.61 Å². The van der Waals surface area contributed by atoms with Gasteiger partial charge in [0.2, 0.25) is 0 Å². The van der Waals surface area contributed by atoms with Crippen LogP contribution in [0, 0.1) is 5.92 Å². The van der Waals surface area contributed by atoms with E-state index in [4.69, 9.17) is 5.73 Å². The summed E-state index contributed by atoms with van der Waals surface area (Å²) in [5.41, 5.74) is 6.79. The molecule has 1 aliphatic heterocycles. The van der Waals surface area contributed by atoms with Crippen molar-refractivity contribution >= 4 is 0 Å². The van der Waals surface area contributed by atoms with Crippen molar-refractivity contribution in [1.82, 2.24) is 9.80 Å². The highest BCUT2D eigenvalue weighted by molar-refractivity contribution is 5.24. The number of hydrogen-bond donors (Lipinski definition) is 2. The van der Waals surface area contributed by atoms with Crippen LogP contribution in [-0.2, 0) is 5.54 Å². The molecule has 0 spiro atoms. The highest BCUT2D eigenvalue weighted by Crippen LogP contribution is 2.22. The largest absolute Gasteiger partial charge is 0.394 e. The van der Waals surface area contributed by atoms with Crippen molar-refractivity contribution in [2.45, 2.75) is 18.4 Å². The van der Waals surface area contributed by atoms with E-state index in [9.17, 15) is 5.11 Å². The third-order valence-corrected chi connectivity index (χ3v) is 4.63. The molecule has 0 radical (unpaired) electrons. The molecular weight excluding hydrogens is 262 g/mol. The Labute approximate surface area is 128 Å². The zero-order chi connectivity index (χ0) is 15.3. The number of nitrogens with zero attached hydrogens (tertiary/aromatic N) is 2. The highest BCUT2D eigenvalue weighted by atomic mass is 16.3. The van der Waals surface area contributed by atoms with Gasteiger partial charge in [-0.15, -0.1) is 0 Å². The summed E-state index contributed by atoms with van der Waals surface area (Å²) in [6, 6.07) is 9.93. The van der Waals surface area contributed by atoms with Gasteiger partial charge >= 0.3 is 0 Å². The van der Waals surface area contributed by atoms with Crippen LogP contribution < -0.4 is 5.73 Å². The van der Waals surface area contributed by atoms with Gasteiger partial charge < -0.3 is 20.6 Å². The van der Waals surface area contributed by atoms with Crippen LogP contribution in [0.25, 0.3) is 0 Å². The third-order valence-electron chi connectivity index (χ3n) is 4.63. The Balaban J connectivity index is 1.85. The minimum atomic E-state index is -0.637. The van der Waals surface area contributed by atoms with Crippen LogP contribution in [0.1, 0.15) is 18.4 Å². The number of aliphatic hydroxyl groups excluding tert-OH is 1. The molecule has 2 atom stereocenters. The molecular formula is C17H29N3O. The molecule has 4 heteroatoms. The van der Waals surface area contributed by atoms with E-state index < -0.39 is 5.54 Å². The maximum absolute atomic E-state index is 9.72. The Morgan fingerprint density at radius 2 is 2.10 bits per heavy atom. The summed E-state index contributed by atoms with van der Waals surface area (Å²) in [6.45, 7) is 4.40. The lowest BCUT2D eigenvalue weighted by molar-refractivity contribution is 0.165. The van der Waals surface area contributed by atoms with Gasteiger partial charge in [0, 0.05) is 19.6 Å². The van der Waals surface area contributed by atoms with E-state index in [0.717, 1.165) is 31.0 Å². The predicted molar refractivity (Wildman–Crippen MR) is 87.1 cm³/mol.